The molecule has 1 aromatic carbocycles. The van der Waals surface area contributed by atoms with E-state index in [-0.39, 0.29) is 6.17 Å². The highest BCUT2D eigenvalue weighted by Crippen LogP contribution is 2.18. The first-order valence-corrected chi connectivity index (χ1v) is 5.94. The van der Waals surface area contributed by atoms with Gasteiger partial charge in [-0.1, -0.05) is 32.0 Å². The Bertz CT molecular complexity index is 369. The Kier molecular flexibility index (Phi) is 3.57. The monoisotopic (exact) mass is 217 g/mol. The van der Waals surface area contributed by atoms with E-state index in [4.69, 9.17) is 0 Å². The summed E-state index contributed by atoms with van der Waals surface area (Å²) in [4.78, 5) is 6.91. The number of anilines is 1. The first-order valence-electron chi connectivity index (χ1n) is 5.94. The molecule has 1 N–H and O–H groups in total. The maximum atomic E-state index is 4.53. The third-order valence-corrected chi connectivity index (χ3v) is 3.00. The van der Waals surface area contributed by atoms with E-state index in [1.807, 2.05) is 12.3 Å². The topological polar surface area (TPSA) is 27.6 Å². The summed E-state index contributed by atoms with van der Waals surface area (Å²) in [6, 6.07) is 8.28. The molecule has 0 saturated carbocycles. The van der Waals surface area contributed by atoms with Gasteiger partial charge in [0, 0.05) is 24.0 Å². The molecule has 0 bridgehead atoms. The maximum absolute atomic E-state index is 4.53. The normalized spacial score (nSPS) is 18.3. The van der Waals surface area contributed by atoms with Crippen molar-refractivity contribution >= 4 is 11.9 Å². The van der Waals surface area contributed by atoms with E-state index in [2.05, 4.69) is 47.3 Å². The molecule has 0 radical (unpaired) electrons. The van der Waals surface area contributed by atoms with E-state index in [9.17, 15) is 0 Å². The van der Waals surface area contributed by atoms with E-state index < -0.39 is 0 Å². The van der Waals surface area contributed by atoms with Gasteiger partial charge in [0.15, 0.2) is 0 Å². The van der Waals surface area contributed by atoms with E-state index in [0.717, 1.165) is 19.6 Å². The summed E-state index contributed by atoms with van der Waals surface area (Å²) in [5.41, 5.74) is 2.37. The molecule has 1 unspecified atom stereocenters. The number of hydrogen-bond acceptors (Lipinski definition) is 3. The molecule has 2 rings (SSSR count). The summed E-state index contributed by atoms with van der Waals surface area (Å²) >= 11 is 0. The minimum atomic E-state index is 0.190. The van der Waals surface area contributed by atoms with Gasteiger partial charge in [-0.2, -0.15) is 0 Å². The standard InChI is InChI=1S/C13H19N3/c1-3-16(4-2)10-13-14-9-11-7-5-6-8-12(11)15-13/h5-9,13,15H,3-4,10H2,1-2H3. The molecule has 3 nitrogen and oxygen atoms in total. The van der Waals surface area contributed by atoms with Crippen molar-refractivity contribution < 1.29 is 0 Å². The number of rotatable bonds is 4. The summed E-state index contributed by atoms with van der Waals surface area (Å²) < 4.78 is 0. The fourth-order valence-electron chi connectivity index (χ4n) is 1.95. The van der Waals surface area contributed by atoms with Crippen molar-refractivity contribution in [2.45, 2.75) is 20.0 Å². The number of para-hydroxylation sites is 1. The highest BCUT2D eigenvalue weighted by Gasteiger charge is 2.14. The van der Waals surface area contributed by atoms with E-state index in [0.29, 0.717) is 0 Å². The SMILES string of the molecule is CCN(CC)CC1N=Cc2ccccc2N1. The highest BCUT2D eigenvalue weighted by molar-refractivity contribution is 5.89. The lowest BCUT2D eigenvalue weighted by Crippen LogP contribution is -2.37. The van der Waals surface area contributed by atoms with Crippen LogP contribution in [0.4, 0.5) is 5.69 Å². The number of nitrogens with zero attached hydrogens (tertiary/aromatic N) is 2. The van der Waals surface area contributed by atoms with Crippen LogP contribution in [0, 0.1) is 0 Å². The van der Waals surface area contributed by atoms with Crippen molar-refractivity contribution in [2.75, 3.05) is 25.0 Å². The molecular formula is C13H19N3. The van der Waals surface area contributed by atoms with E-state index >= 15 is 0 Å². The van der Waals surface area contributed by atoms with E-state index in [1.165, 1.54) is 11.3 Å². The number of benzene rings is 1. The van der Waals surface area contributed by atoms with Crippen LogP contribution in [0.1, 0.15) is 19.4 Å². The Labute approximate surface area is 97.2 Å². The van der Waals surface area contributed by atoms with Crippen LogP contribution in [0.15, 0.2) is 29.3 Å². The molecule has 0 saturated heterocycles. The zero-order valence-corrected chi connectivity index (χ0v) is 9.98. The summed E-state index contributed by atoms with van der Waals surface area (Å²) in [7, 11) is 0. The highest BCUT2D eigenvalue weighted by atomic mass is 15.2. The second kappa shape index (κ2) is 5.12. The summed E-state index contributed by atoms with van der Waals surface area (Å²) in [5.74, 6) is 0. The van der Waals surface area contributed by atoms with Gasteiger partial charge in [0.05, 0.1) is 0 Å². The van der Waals surface area contributed by atoms with Crippen molar-refractivity contribution in [3.63, 3.8) is 0 Å². The van der Waals surface area contributed by atoms with Crippen LogP contribution in [-0.4, -0.2) is 36.9 Å². The smallest absolute Gasteiger partial charge is 0.131 e. The number of fused-ring (bicyclic) bond motifs is 1. The van der Waals surface area contributed by atoms with Crippen LogP contribution in [0.3, 0.4) is 0 Å². The van der Waals surface area contributed by atoms with Crippen LogP contribution in [0.2, 0.25) is 0 Å². The first kappa shape index (κ1) is 11.1. The summed E-state index contributed by atoms with van der Waals surface area (Å²) in [5, 5.41) is 3.46. The number of likely N-dealkylation sites (N-methyl/N-ethyl adjacent to an activating group) is 1. The molecule has 1 heterocycles. The molecule has 3 heteroatoms. The Morgan fingerprint density at radius 3 is 2.75 bits per heavy atom. The first-order chi connectivity index (χ1) is 7.83. The van der Waals surface area contributed by atoms with Crippen molar-refractivity contribution in [1.29, 1.82) is 0 Å². The molecule has 86 valence electrons. The summed E-state index contributed by atoms with van der Waals surface area (Å²) in [6.45, 7) is 7.49. The Balaban J connectivity index is 2.03. The van der Waals surface area contributed by atoms with Crippen molar-refractivity contribution in [3.8, 4) is 0 Å². The molecule has 1 atom stereocenters. The lowest BCUT2D eigenvalue weighted by atomic mass is 10.1. The van der Waals surface area contributed by atoms with Crippen molar-refractivity contribution in [2.24, 2.45) is 4.99 Å². The van der Waals surface area contributed by atoms with Crippen LogP contribution in [-0.2, 0) is 0 Å². The predicted octanol–water partition coefficient (Wildman–Crippen LogP) is 2.20. The third-order valence-electron chi connectivity index (χ3n) is 3.00. The van der Waals surface area contributed by atoms with Gasteiger partial charge >= 0.3 is 0 Å². The fourth-order valence-corrected chi connectivity index (χ4v) is 1.95. The van der Waals surface area contributed by atoms with Gasteiger partial charge in [-0.3, -0.25) is 9.89 Å². The molecule has 0 spiro atoms. The maximum Gasteiger partial charge on any atom is 0.131 e. The molecule has 1 aliphatic heterocycles. The molecule has 1 aromatic rings. The molecule has 1 aliphatic rings. The quantitative estimate of drug-likeness (QED) is 0.837. The molecule has 0 aromatic heterocycles. The predicted molar refractivity (Wildman–Crippen MR) is 69.2 cm³/mol. The van der Waals surface area contributed by atoms with E-state index in [1.54, 1.807) is 0 Å². The minimum Gasteiger partial charge on any atom is -0.362 e. The molecular weight excluding hydrogens is 198 g/mol. The van der Waals surface area contributed by atoms with Crippen molar-refractivity contribution in [3.05, 3.63) is 29.8 Å². The van der Waals surface area contributed by atoms with Gasteiger partial charge in [-0.05, 0) is 19.2 Å². The third kappa shape index (κ3) is 2.42. The second-order valence-corrected chi connectivity index (χ2v) is 4.01. The minimum absolute atomic E-state index is 0.190. The number of nitrogens with one attached hydrogen (secondary N) is 1. The zero-order chi connectivity index (χ0) is 11.4. The molecule has 0 amide bonds. The van der Waals surface area contributed by atoms with Crippen molar-refractivity contribution in [1.82, 2.24) is 4.90 Å². The average Bonchev–Trinajstić information content (AvgIpc) is 2.35. The number of hydrogen-bond donors (Lipinski definition) is 1. The zero-order valence-electron chi connectivity index (χ0n) is 9.98. The Morgan fingerprint density at radius 2 is 2.00 bits per heavy atom. The van der Waals surface area contributed by atoms with Gasteiger partial charge in [0.2, 0.25) is 0 Å². The van der Waals surface area contributed by atoms with Gasteiger partial charge in [-0.15, -0.1) is 0 Å². The second-order valence-electron chi connectivity index (χ2n) is 4.01. The van der Waals surface area contributed by atoms with Crippen LogP contribution >= 0.6 is 0 Å². The van der Waals surface area contributed by atoms with Crippen LogP contribution < -0.4 is 5.32 Å². The molecule has 0 aliphatic carbocycles. The Hall–Kier alpha value is -1.35. The van der Waals surface area contributed by atoms with Crippen LogP contribution in [0.5, 0.6) is 0 Å². The largest absolute Gasteiger partial charge is 0.362 e. The van der Waals surface area contributed by atoms with Gasteiger partial charge in [0.1, 0.15) is 6.17 Å². The number of aliphatic imine (C=N–C) groups is 1. The van der Waals surface area contributed by atoms with Gasteiger partial charge in [-0.25, -0.2) is 0 Å². The summed E-state index contributed by atoms with van der Waals surface area (Å²) in [6.07, 6.45) is 2.16. The van der Waals surface area contributed by atoms with Gasteiger partial charge in [0.25, 0.3) is 0 Å². The fraction of sp³-hybridized carbons (Fsp3) is 0.462. The van der Waals surface area contributed by atoms with Gasteiger partial charge < -0.3 is 5.32 Å². The Morgan fingerprint density at radius 1 is 1.25 bits per heavy atom. The average molecular weight is 217 g/mol. The molecule has 0 fully saturated rings. The lowest BCUT2D eigenvalue weighted by molar-refractivity contribution is 0.292. The lowest BCUT2D eigenvalue weighted by Gasteiger charge is -2.27. The molecule has 16 heavy (non-hydrogen) atoms. The van der Waals surface area contributed by atoms with Crippen LogP contribution in [0.25, 0.3) is 0 Å².